The topological polar surface area (TPSA) is 227 Å². The molecule has 0 aromatic heterocycles. The van der Waals surface area contributed by atoms with Gasteiger partial charge in [0.2, 0.25) is 0 Å². The maximum atomic E-state index is 13.9. The Labute approximate surface area is 340 Å². The summed E-state index contributed by atoms with van der Waals surface area (Å²) in [7, 11) is 0. The zero-order chi connectivity index (χ0) is 42.1. The van der Waals surface area contributed by atoms with Crippen molar-refractivity contribution in [3.8, 4) is 0 Å². The molecule has 0 amide bonds. The standard InChI is InChI=1S/C46H64O12/c1-41-19-34(51)39-28(30(41)11-13-45(41,57)36(53)21-47)7-5-23-15-25(49)17-32(43(23,39)3)27(9-10-38(55)56)33-18-26(50)16-24-6-8-29-31-12-14-46(58,37(54)22-48)42(31,2)20-35(52)40(29)44(24,33)4/h15-16,27-35,39-40,47-48,51-52,57-58H,5-14,17-22H2,1-4H3,(H,55,56)/t27?,28-,29-,30-,31-,32?,33?,34-,35-,39+,40+,41-,42-,43+,44+,45-,46-/m0/s1. The molecule has 12 heteroatoms. The van der Waals surface area contributed by atoms with Gasteiger partial charge in [-0.25, -0.2) is 0 Å². The minimum Gasteiger partial charge on any atom is -0.481 e. The van der Waals surface area contributed by atoms with Crippen LogP contribution in [0.25, 0.3) is 0 Å². The zero-order valence-corrected chi connectivity index (χ0v) is 34.5. The van der Waals surface area contributed by atoms with Gasteiger partial charge in [-0.05, 0) is 147 Å². The Balaban J connectivity index is 1.23. The molecule has 12 nitrogen and oxygen atoms in total. The Morgan fingerprint density at radius 2 is 1.09 bits per heavy atom. The maximum Gasteiger partial charge on any atom is 0.303 e. The molecule has 8 aliphatic carbocycles. The van der Waals surface area contributed by atoms with Crippen LogP contribution in [0.1, 0.15) is 118 Å². The third-order valence-corrected chi connectivity index (χ3v) is 19.5. The molecule has 0 heterocycles. The predicted molar refractivity (Wildman–Crippen MR) is 208 cm³/mol. The Morgan fingerprint density at radius 3 is 1.45 bits per heavy atom. The van der Waals surface area contributed by atoms with Gasteiger partial charge < -0.3 is 35.7 Å². The normalized spacial score (nSPS) is 49.9. The highest BCUT2D eigenvalue weighted by molar-refractivity contribution is 5.93. The number of aliphatic hydroxyl groups is 6. The Hall–Kier alpha value is -2.61. The number of carbonyl (C=O) groups is 5. The van der Waals surface area contributed by atoms with Gasteiger partial charge in [0.15, 0.2) is 23.1 Å². The summed E-state index contributed by atoms with van der Waals surface area (Å²) in [6.07, 6.45) is 5.73. The van der Waals surface area contributed by atoms with E-state index in [1.165, 1.54) is 0 Å². The van der Waals surface area contributed by atoms with E-state index in [0.29, 0.717) is 38.5 Å². The summed E-state index contributed by atoms with van der Waals surface area (Å²) >= 11 is 0. The molecular weight excluding hydrogens is 744 g/mol. The molecule has 0 aromatic carbocycles. The molecule has 0 bridgehead atoms. The lowest BCUT2D eigenvalue weighted by Crippen LogP contribution is -2.65. The van der Waals surface area contributed by atoms with E-state index in [4.69, 9.17) is 0 Å². The number of carboxylic acid groups (broad SMARTS) is 1. The first-order chi connectivity index (χ1) is 27.2. The molecule has 320 valence electrons. The lowest BCUT2D eigenvalue weighted by molar-refractivity contribution is -0.198. The number of Topliss-reactive ketones (excluding diaryl/α,β-unsaturated/α-hetero) is 2. The molecule has 0 saturated heterocycles. The van der Waals surface area contributed by atoms with Gasteiger partial charge in [-0.15, -0.1) is 0 Å². The molecular formula is C46H64O12. The molecule has 6 fully saturated rings. The predicted octanol–water partition coefficient (Wildman–Crippen LogP) is 3.51. The zero-order valence-electron chi connectivity index (χ0n) is 34.5. The molecule has 58 heavy (non-hydrogen) atoms. The number of ketones is 4. The SMILES string of the molecule is C[C@]12C[C@H](O)[C@H]3[C@@H](CCC4=CC(=O)CC(C(CCC(=O)O)C5CC(=O)C=C6CC[C@@H]7[C@H]([C@@H](O)C[C@@]8(C)[C@H]7CC[C@]8(O)C(=O)CO)[C@]65C)[C@@]43C)[C@@H]1CC[C@]2(O)C(=O)CO. The van der Waals surface area contributed by atoms with Crippen LogP contribution in [0.15, 0.2) is 23.3 Å². The van der Waals surface area contributed by atoms with Crippen molar-refractivity contribution in [2.24, 2.45) is 74.9 Å². The first-order valence-electron chi connectivity index (χ1n) is 22.0. The number of rotatable bonds is 9. The highest BCUT2D eigenvalue weighted by atomic mass is 16.4. The Kier molecular flexibility index (Phi) is 10.1. The summed E-state index contributed by atoms with van der Waals surface area (Å²) in [4.78, 5) is 66.6. The third-order valence-electron chi connectivity index (χ3n) is 19.5. The van der Waals surface area contributed by atoms with Crippen LogP contribution in [-0.2, 0) is 24.0 Å². The lowest BCUT2D eigenvalue weighted by Gasteiger charge is -2.66. The summed E-state index contributed by atoms with van der Waals surface area (Å²) in [5.41, 5.74) is -5.29. The maximum absolute atomic E-state index is 13.9. The fraction of sp³-hybridized carbons (Fsp3) is 0.804. The van der Waals surface area contributed by atoms with E-state index in [2.05, 4.69) is 13.8 Å². The monoisotopic (exact) mass is 808 g/mol. The summed E-state index contributed by atoms with van der Waals surface area (Å²) in [6.45, 7) is 6.34. The molecule has 6 saturated carbocycles. The Morgan fingerprint density at radius 1 is 0.690 bits per heavy atom. The minimum atomic E-state index is -1.78. The van der Waals surface area contributed by atoms with Gasteiger partial charge in [0.05, 0.1) is 12.2 Å². The number of fused-ring (bicyclic) bond motifs is 10. The smallest absolute Gasteiger partial charge is 0.303 e. The van der Waals surface area contributed by atoms with Crippen LogP contribution in [0.3, 0.4) is 0 Å². The minimum absolute atomic E-state index is 0.0768. The number of allylic oxidation sites excluding steroid dienone is 2. The van der Waals surface area contributed by atoms with Crippen LogP contribution in [0.5, 0.6) is 0 Å². The molecule has 0 aliphatic heterocycles. The van der Waals surface area contributed by atoms with Crippen LogP contribution in [0, 0.1) is 74.9 Å². The first kappa shape index (κ1) is 42.1. The molecule has 0 spiro atoms. The van der Waals surface area contributed by atoms with Gasteiger partial charge in [0.25, 0.3) is 0 Å². The summed E-state index contributed by atoms with van der Waals surface area (Å²) in [5, 5.41) is 78.6. The van der Waals surface area contributed by atoms with Gasteiger partial charge in [-0.3, -0.25) is 24.0 Å². The first-order valence-corrected chi connectivity index (χ1v) is 22.0. The van der Waals surface area contributed by atoms with E-state index in [1.54, 1.807) is 12.2 Å². The second-order valence-electron chi connectivity index (χ2n) is 21.1. The van der Waals surface area contributed by atoms with E-state index < -0.39 is 93.6 Å². The fourth-order valence-corrected chi connectivity index (χ4v) is 17.0. The average molecular weight is 809 g/mol. The summed E-state index contributed by atoms with van der Waals surface area (Å²) in [6, 6.07) is 0. The second kappa shape index (κ2) is 14.0. The average Bonchev–Trinajstić information content (AvgIpc) is 3.59. The van der Waals surface area contributed by atoms with Crippen molar-refractivity contribution in [3.63, 3.8) is 0 Å². The number of carboxylic acids is 1. The number of hydrogen-bond acceptors (Lipinski definition) is 11. The van der Waals surface area contributed by atoms with Crippen molar-refractivity contribution in [2.75, 3.05) is 13.2 Å². The molecule has 8 aliphatic rings. The highest BCUT2D eigenvalue weighted by Gasteiger charge is 2.72. The Bertz CT molecular complexity index is 1730. The van der Waals surface area contributed by atoms with Crippen molar-refractivity contribution in [2.45, 2.75) is 141 Å². The molecule has 2 unspecified atom stereocenters. The highest BCUT2D eigenvalue weighted by Crippen LogP contribution is 2.73. The van der Waals surface area contributed by atoms with Crippen LogP contribution in [0.2, 0.25) is 0 Å². The van der Waals surface area contributed by atoms with E-state index in [-0.39, 0.29) is 98.4 Å². The van der Waals surface area contributed by atoms with Crippen LogP contribution < -0.4 is 0 Å². The lowest BCUT2D eigenvalue weighted by atomic mass is 9.39. The number of carbonyl (C=O) groups excluding carboxylic acids is 4. The van der Waals surface area contributed by atoms with Gasteiger partial charge in [0.1, 0.15) is 24.4 Å². The van der Waals surface area contributed by atoms with Crippen molar-refractivity contribution >= 4 is 29.1 Å². The van der Waals surface area contributed by atoms with Crippen LogP contribution in [0.4, 0.5) is 0 Å². The van der Waals surface area contributed by atoms with Crippen molar-refractivity contribution in [3.05, 3.63) is 23.3 Å². The van der Waals surface area contributed by atoms with E-state index in [9.17, 15) is 59.7 Å². The van der Waals surface area contributed by atoms with Crippen LogP contribution >= 0.6 is 0 Å². The number of hydrogen-bond donors (Lipinski definition) is 7. The third kappa shape index (κ3) is 5.42. The molecule has 8 rings (SSSR count). The van der Waals surface area contributed by atoms with E-state index >= 15 is 0 Å². The second-order valence-corrected chi connectivity index (χ2v) is 21.1. The van der Waals surface area contributed by atoms with Gasteiger partial charge >= 0.3 is 5.97 Å². The van der Waals surface area contributed by atoms with Crippen molar-refractivity contribution < 1.29 is 59.7 Å². The van der Waals surface area contributed by atoms with Gasteiger partial charge in [-0.1, -0.05) is 38.8 Å². The van der Waals surface area contributed by atoms with Gasteiger partial charge in [0, 0.05) is 30.1 Å². The van der Waals surface area contributed by atoms with Gasteiger partial charge in [-0.2, -0.15) is 0 Å². The van der Waals surface area contributed by atoms with E-state index in [1.807, 2.05) is 13.8 Å². The largest absolute Gasteiger partial charge is 0.481 e. The summed E-state index contributed by atoms with van der Waals surface area (Å²) < 4.78 is 0. The molecule has 0 radical (unpaired) electrons. The quantitative estimate of drug-likeness (QED) is 0.178. The fourth-order valence-electron chi connectivity index (χ4n) is 17.0. The molecule has 0 aromatic rings. The van der Waals surface area contributed by atoms with Crippen molar-refractivity contribution in [1.82, 2.24) is 0 Å². The number of aliphatic hydroxyl groups excluding tert-OH is 4. The molecule has 16 atom stereocenters. The van der Waals surface area contributed by atoms with E-state index in [0.717, 1.165) is 11.1 Å². The van der Waals surface area contributed by atoms with Crippen molar-refractivity contribution in [1.29, 1.82) is 0 Å². The van der Waals surface area contributed by atoms with Crippen LogP contribution in [-0.4, -0.2) is 101 Å². The number of aliphatic carboxylic acids is 1. The molecule has 7 N–H and O–H groups in total. The summed E-state index contributed by atoms with van der Waals surface area (Å²) in [5.74, 6) is -5.19.